The summed E-state index contributed by atoms with van der Waals surface area (Å²) in [4.78, 5) is 17.5. The molecular formula is C13H18N2O2. The Morgan fingerprint density at radius 2 is 2.35 bits per heavy atom. The molecule has 1 fully saturated rings. The summed E-state index contributed by atoms with van der Waals surface area (Å²) >= 11 is 0. The van der Waals surface area contributed by atoms with Gasteiger partial charge in [0.15, 0.2) is 0 Å². The second-order valence-electron chi connectivity index (χ2n) is 4.84. The van der Waals surface area contributed by atoms with E-state index in [9.17, 15) is 9.90 Å². The van der Waals surface area contributed by atoms with E-state index in [1.165, 1.54) is 6.20 Å². The molecule has 2 rings (SSSR count). The number of aromatic nitrogens is 1. The third kappa shape index (κ3) is 2.25. The number of pyridine rings is 1. The molecule has 92 valence electrons. The van der Waals surface area contributed by atoms with Crippen LogP contribution in [0.5, 0.6) is 0 Å². The summed E-state index contributed by atoms with van der Waals surface area (Å²) in [6.45, 7) is 5.29. The predicted octanol–water partition coefficient (Wildman–Crippen LogP) is 2.40. The molecule has 1 aromatic rings. The number of carboxylic acid groups (broad SMARTS) is 1. The van der Waals surface area contributed by atoms with Gasteiger partial charge in [0.25, 0.3) is 0 Å². The summed E-state index contributed by atoms with van der Waals surface area (Å²) in [7, 11) is 0. The van der Waals surface area contributed by atoms with E-state index in [1.54, 1.807) is 12.3 Å². The van der Waals surface area contributed by atoms with Crippen molar-refractivity contribution in [3.8, 4) is 0 Å². The largest absolute Gasteiger partial charge is 0.478 e. The van der Waals surface area contributed by atoms with Crippen molar-refractivity contribution in [1.82, 2.24) is 4.98 Å². The van der Waals surface area contributed by atoms with Crippen LogP contribution in [0.3, 0.4) is 0 Å². The van der Waals surface area contributed by atoms with Crippen molar-refractivity contribution >= 4 is 11.7 Å². The third-order valence-electron chi connectivity index (χ3n) is 3.41. The maximum Gasteiger partial charge on any atom is 0.337 e. The smallest absolute Gasteiger partial charge is 0.337 e. The molecule has 1 aliphatic heterocycles. The van der Waals surface area contributed by atoms with Crippen molar-refractivity contribution in [2.75, 3.05) is 11.4 Å². The Bertz CT molecular complexity index is 418. The average molecular weight is 234 g/mol. The van der Waals surface area contributed by atoms with Gasteiger partial charge in [-0.2, -0.15) is 0 Å². The van der Waals surface area contributed by atoms with Crippen LogP contribution in [-0.2, 0) is 0 Å². The Morgan fingerprint density at radius 3 is 3.00 bits per heavy atom. The molecule has 2 heterocycles. The Kier molecular flexibility index (Phi) is 3.31. The first-order valence-corrected chi connectivity index (χ1v) is 6.05. The maximum absolute atomic E-state index is 11.2. The maximum atomic E-state index is 11.2. The summed E-state index contributed by atoms with van der Waals surface area (Å²) in [5.74, 6) is -0.351. The van der Waals surface area contributed by atoms with Crippen molar-refractivity contribution in [2.24, 2.45) is 5.92 Å². The van der Waals surface area contributed by atoms with Gasteiger partial charge < -0.3 is 10.0 Å². The SMILES string of the molecule is CC(C)C1CCCN1c1cnccc1C(=O)O. The molecule has 4 nitrogen and oxygen atoms in total. The molecule has 0 spiro atoms. The minimum absolute atomic E-state index is 0.354. The summed E-state index contributed by atoms with van der Waals surface area (Å²) in [6, 6.07) is 2.00. The fourth-order valence-electron chi connectivity index (χ4n) is 2.58. The van der Waals surface area contributed by atoms with Gasteiger partial charge in [0.2, 0.25) is 0 Å². The van der Waals surface area contributed by atoms with Crippen LogP contribution in [0.1, 0.15) is 37.0 Å². The van der Waals surface area contributed by atoms with Gasteiger partial charge in [0, 0.05) is 18.8 Å². The van der Waals surface area contributed by atoms with Crippen LogP contribution >= 0.6 is 0 Å². The number of hydrogen-bond donors (Lipinski definition) is 1. The highest BCUT2D eigenvalue weighted by atomic mass is 16.4. The molecule has 1 aliphatic rings. The normalized spacial score (nSPS) is 19.9. The van der Waals surface area contributed by atoms with Gasteiger partial charge in [0.1, 0.15) is 0 Å². The topological polar surface area (TPSA) is 53.4 Å². The monoisotopic (exact) mass is 234 g/mol. The highest BCUT2D eigenvalue weighted by molar-refractivity contribution is 5.94. The zero-order valence-corrected chi connectivity index (χ0v) is 10.3. The first-order valence-electron chi connectivity index (χ1n) is 6.05. The molecule has 0 aromatic carbocycles. The van der Waals surface area contributed by atoms with E-state index in [0.717, 1.165) is 25.1 Å². The summed E-state index contributed by atoms with van der Waals surface area (Å²) in [5.41, 5.74) is 1.11. The molecular weight excluding hydrogens is 216 g/mol. The molecule has 0 aliphatic carbocycles. The van der Waals surface area contributed by atoms with E-state index in [1.807, 2.05) is 0 Å². The van der Waals surface area contributed by atoms with Crippen molar-refractivity contribution in [2.45, 2.75) is 32.7 Å². The third-order valence-corrected chi connectivity index (χ3v) is 3.41. The molecule has 1 aromatic heterocycles. The van der Waals surface area contributed by atoms with Crippen LogP contribution in [0.25, 0.3) is 0 Å². The molecule has 1 saturated heterocycles. The lowest BCUT2D eigenvalue weighted by Crippen LogP contribution is -2.34. The van der Waals surface area contributed by atoms with Crippen LogP contribution in [0, 0.1) is 5.92 Å². The first kappa shape index (κ1) is 11.9. The van der Waals surface area contributed by atoms with E-state index >= 15 is 0 Å². The predicted molar refractivity (Wildman–Crippen MR) is 66.4 cm³/mol. The van der Waals surface area contributed by atoms with E-state index in [2.05, 4.69) is 23.7 Å². The Hall–Kier alpha value is -1.58. The fraction of sp³-hybridized carbons (Fsp3) is 0.538. The number of carboxylic acids is 1. The van der Waals surface area contributed by atoms with E-state index < -0.39 is 5.97 Å². The molecule has 0 amide bonds. The second kappa shape index (κ2) is 4.73. The quantitative estimate of drug-likeness (QED) is 0.872. The molecule has 17 heavy (non-hydrogen) atoms. The van der Waals surface area contributed by atoms with Gasteiger partial charge in [-0.05, 0) is 24.8 Å². The highest BCUT2D eigenvalue weighted by Gasteiger charge is 2.29. The Morgan fingerprint density at radius 1 is 1.59 bits per heavy atom. The molecule has 0 radical (unpaired) electrons. The van der Waals surface area contributed by atoms with Crippen LogP contribution < -0.4 is 4.90 Å². The van der Waals surface area contributed by atoms with Crippen LogP contribution in [-0.4, -0.2) is 28.6 Å². The number of rotatable bonds is 3. The number of carbonyl (C=O) groups is 1. The minimum atomic E-state index is -0.878. The summed E-state index contributed by atoms with van der Waals surface area (Å²) in [6.07, 6.45) is 5.46. The van der Waals surface area contributed by atoms with E-state index in [-0.39, 0.29) is 0 Å². The van der Waals surface area contributed by atoms with Gasteiger partial charge in [-0.1, -0.05) is 13.8 Å². The fourth-order valence-corrected chi connectivity index (χ4v) is 2.58. The van der Waals surface area contributed by atoms with Crippen molar-refractivity contribution in [1.29, 1.82) is 0 Å². The second-order valence-corrected chi connectivity index (χ2v) is 4.84. The van der Waals surface area contributed by atoms with Crippen molar-refractivity contribution < 1.29 is 9.90 Å². The van der Waals surface area contributed by atoms with Gasteiger partial charge in [-0.15, -0.1) is 0 Å². The molecule has 1 N–H and O–H groups in total. The van der Waals surface area contributed by atoms with E-state index in [0.29, 0.717) is 17.5 Å². The Labute approximate surface area is 101 Å². The van der Waals surface area contributed by atoms with Crippen molar-refractivity contribution in [3.63, 3.8) is 0 Å². The van der Waals surface area contributed by atoms with Crippen LogP contribution in [0.15, 0.2) is 18.5 Å². The lowest BCUT2D eigenvalue weighted by Gasteiger charge is -2.30. The highest BCUT2D eigenvalue weighted by Crippen LogP contribution is 2.31. The van der Waals surface area contributed by atoms with E-state index in [4.69, 9.17) is 0 Å². The van der Waals surface area contributed by atoms with Gasteiger partial charge in [0.05, 0.1) is 17.4 Å². The molecule has 1 unspecified atom stereocenters. The number of nitrogens with zero attached hydrogens (tertiary/aromatic N) is 2. The average Bonchev–Trinajstić information content (AvgIpc) is 2.77. The molecule has 4 heteroatoms. The zero-order chi connectivity index (χ0) is 12.4. The molecule has 0 saturated carbocycles. The van der Waals surface area contributed by atoms with Crippen LogP contribution in [0.2, 0.25) is 0 Å². The zero-order valence-electron chi connectivity index (χ0n) is 10.3. The van der Waals surface area contributed by atoms with Gasteiger partial charge in [-0.25, -0.2) is 4.79 Å². The minimum Gasteiger partial charge on any atom is -0.478 e. The number of anilines is 1. The summed E-state index contributed by atoms with van der Waals surface area (Å²) < 4.78 is 0. The molecule has 0 bridgehead atoms. The van der Waals surface area contributed by atoms with Gasteiger partial charge in [-0.3, -0.25) is 4.98 Å². The first-order chi connectivity index (χ1) is 8.11. The van der Waals surface area contributed by atoms with Gasteiger partial charge >= 0.3 is 5.97 Å². The number of hydrogen-bond acceptors (Lipinski definition) is 3. The Balaban J connectivity index is 2.36. The lowest BCUT2D eigenvalue weighted by atomic mass is 10.0. The standard InChI is InChI=1S/C13H18N2O2/c1-9(2)11-4-3-7-15(11)12-8-14-6-5-10(12)13(16)17/h5-6,8-9,11H,3-4,7H2,1-2H3,(H,16,17). The van der Waals surface area contributed by atoms with Crippen LogP contribution in [0.4, 0.5) is 5.69 Å². The molecule has 1 atom stereocenters. The summed E-state index contributed by atoms with van der Waals surface area (Å²) in [5, 5.41) is 9.20. The lowest BCUT2D eigenvalue weighted by molar-refractivity contribution is 0.0697. The number of aromatic carboxylic acids is 1. The van der Waals surface area contributed by atoms with Crippen molar-refractivity contribution in [3.05, 3.63) is 24.0 Å².